The van der Waals surface area contributed by atoms with Crippen LogP contribution in [-0.2, 0) is 22.3 Å². The number of halogens is 2. The molecule has 4 nitrogen and oxygen atoms in total. The largest absolute Gasteiger partial charge is 0.496 e. The molecule has 4 atom stereocenters. The molecule has 2 fully saturated rings. The fourth-order valence-corrected chi connectivity index (χ4v) is 5.51. The minimum Gasteiger partial charge on any atom is -0.496 e. The third kappa shape index (κ3) is 7.40. The van der Waals surface area contributed by atoms with Gasteiger partial charge in [-0.05, 0) is 86.1 Å². The molecule has 2 aliphatic heterocycles. The summed E-state index contributed by atoms with van der Waals surface area (Å²) in [7, 11) is 3.24. The predicted molar refractivity (Wildman–Crippen MR) is 132 cm³/mol. The van der Waals surface area contributed by atoms with Crippen molar-refractivity contribution in [1.29, 1.82) is 0 Å². The van der Waals surface area contributed by atoms with Gasteiger partial charge in [0, 0.05) is 12.8 Å². The van der Waals surface area contributed by atoms with Gasteiger partial charge in [0.25, 0.3) is 0 Å². The Kier molecular flexibility index (Phi) is 9.38. The lowest BCUT2D eigenvalue weighted by Crippen LogP contribution is -2.15. The number of hydrogen-bond donors (Lipinski definition) is 0. The standard InChI is InChI=1S/C29H38F2O4/c1-32-28-14-8-22(30)16-20(28)18-26-12-10-24(34-26)6-4-3-5-7-25-11-13-27(35-25)19-21-17-23(31)9-15-29(21)33-2/h8-9,14-17,24-27H,3-7,10-13,18-19H2,1-2H3/t24-,25+,26+,27-. The maximum absolute atomic E-state index is 13.6. The first-order valence-corrected chi connectivity index (χ1v) is 13.0. The first-order valence-electron chi connectivity index (χ1n) is 13.0. The molecule has 35 heavy (non-hydrogen) atoms. The van der Waals surface area contributed by atoms with Crippen molar-refractivity contribution in [2.45, 2.75) is 95.0 Å². The van der Waals surface area contributed by atoms with E-state index in [0.29, 0.717) is 25.0 Å². The SMILES string of the molecule is COc1ccc(F)cc1C[C@H]1CC[C@H](CCCCC[C@@H]2CC[C@@H](Cc3cc(F)ccc3OC)O2)O1. The summed E-state index contributed by atoms with van der Waals surface area (Å²) in [6.07, 6.45) is 12.0. The lowest BCUT2D eigenvalue weighted by Gasteiger charge is -2.16. The Labute approximate surface area is 207 Å². The lowest BCUT2D eigenvalue weighted by molar-refractivity contribution is 0.0355. The Morgan fingerprint density at radius 2 is 1.09 bits per heavy atom. The Morgan fingerprint density at radius 3 is 1.51 bits per heavy atom. The van der Waals surface area contributed by atoms with Crippen molar-refractivity contribution in [2.75, 3.05) is 14.2 Å². The summed E-state index contributed by atoms with van der Waals surface area (Å²) in [5.74, 6) is 0.984. The average molecular weight is 489 g/mol. The van der Waals surface area contributed by atoms with Crippen LogP contribution in [0.5, 0.6) is 11.5 Å². The highest BCUT2D eigenvalue weighted by Crippen LogP contribution is 2.31. The van der Waals surface area contributed by atoms with E-state index in [4.69, 9.17) is 18.9 Å². The Morgan fingerprint density at radius 1 is 0.657 bits per heavy atom. The van der Waals surface area contributed by atoms with E-state index in [1.54, 1.807) is 38.5 Å². The second-order valence-corrected chi connectivity index (χ2v) is 9.87. The molecule has 0 aliphatic carbocycles. The summed E-state index contributed by atoms with van der Waals surface area (Å²) in [4.78, 5) is 0. The fourth-order valence-electron chi connectivity index (χ4n) is 5.51. The van der Waals surface area contributed by atoms with Crippen molar-refractivity contribution < 1.29 is 27.7 Å². The average Bonchev–Trinajstić information content (AvgIpc) is 3.48. The van der Waals surface area contributed by atoms with Crippen LogP contribution in [-0.4, -0.2) is 38.6 Å². The highest BCUT2D eigenvalue weighted by Gasteiger charge is 2.27. The first kappa shape index (κ1) is 25.9. The van der Waals surface area contributed by atoms with Crippen LogP contribution in [0.4, 0.5) is 8.78 Å². The molecule has 0 spiro atoms. The molecular formula is C29H38F2O4. The highest BCUT2D eigenvalue weighted by atomic mass is 19.1. The minimum atomic E-state index is -0.235. The monoisotopic (exact) mass is 488 g/mol. The normalized spacial score (nSPS) is 24.1. The van der Waals surface area contributed by atoms with E-state index in [2.05, 4.69) is 0 Å². The predicted octanol–water partition coefficient (Wildman–Crippen LogP) is 6.81. The van der Waals surface area contributed by atoms with E-state index in [9.17, 15) is 8.78 Å². The molecule has 6 heteroatoms. The first-order chi connectivity index (χ1) is 17.0. The molecule has 0 unspecified atom stereocenters. The van der Waals surface area contributed by atoms with Crippen LogP contribution in [0.1, 0.15) is 68.9 Å². The Balaban J connectivity index is 1.10. The van der Waals surface area contributed by atoms with Gasteiger partial charge in [-0.3, -0.25) is 0 Å². The third-order valence-corrected chi connectivity index (χ3v) is 7.32. The molecule has 0 aromatic heterocycles. The molecular weight excluding hydrogens is 450 g/mol. The van der Waals surface area contributed by atoms with Crippen molar-refractivity contribution >= 4 is 0 Å². The number of rotatable bonds is 12. The molecule has 2 aromatic rings. The van der Waals surface area contributed by atoms with E-state index in [-0.39, 0.29) is 23.8 Å². The van der Waals surface area contributed by atoms with Gasteiger partial charge >= 0.3 is 0 Å². The molecule has 0 bridgehead atoms. The maximum Gasteiger partial charge on any atom is 0.123 e. The van der Waals surface area contributed by atoms with Crippen LogP contribution in [0.2, 0.25) is 0 Å². The molecule has 2 aromatic carbocycles. The van der Waals surface area contributed by atoms with Gasteiger partial charge in [0.2, 0.25) is 0 Å². The van der Waals surface area contributed by atoms with Gasteiger partial charge in [-0.2, -0.15) is 0 Å². The zero-order chi connectivity index (χ0) is 24.6. The topological polar surface area (TPSA) is 36.9 Å². The summed E-state index contributed by atoms with van der Waals surface area (Å²) in [6, 6.07) is 9.34. The molecule has 192 valence electrons. The molecule has 2 heterocycles. The zero-order valence-electron chi connectivity index (χ0n) is 20.9. The van der Waals surface area contributed by atoms with Crippen LogP contribution in [0.15, 0.2) is 36.4 Å². The Bertz CT molecular complexity index is 875. The molecule has 2 saturated heterocycles. The lowest BCUT2D eigenvalue weighted by atomic mass is 10.0. The number of hydrogen-bond acceptors (Lipinski definition) is 4. The van der Waals surface area contributed by atoms with Crippen LogP contribution >= 0.6 is 0 Å². The molecule has 0 N–H and O–H groups in total. The van der Waals surface area contributed by atoms with Gasteiger partial charge in [0.05, 0.1) is 38.6 Å². The van der Waals surface area contributed by atoms with Crippen molar-refractivity contribution in [2.24, 2.45) is 0 Å². The molecule has 4 rings (SSSR count). The number of unbranched alkanes of at least 4 members (excludes halogenated alkanes) is 2. The van der Waals surface area contributed by atoms with E-state index in [0.717, 1.165) is 74.0 Å². The Hall–Kier alpha value is -2.18. The third-order valence-electron chi connectivity index (χ3n) is 7.32. The van der Waals surface area contributed by atoms with Crippen molar-refractivity contribution in [1.82, 2.24) is 0 Å². The zero-order valence-corrected chi connectivity index (χ0v) is 20.9. The maximum atomic E-state index is 13.6. The van der Waals surface area contributed by atoms with Crippen LogP contribution in [0, 0.1) is 11.6 Å². The smallest absolute Gasteiger partial charge is 0.123 e. The van der Waals surface area contributed by atoms with E-state index >= 15 is 0 Å². The second kappa shape index (κ2) is 12.7. The van der Waals surface area contributed by atoms with Gasteiger partial charge in [0.1, 0.15) is 23.1 Å². The summed E-state index contributed by atoms with van der Waals surface area (Å²) >= 11 is 0. The van der Waals surface area contributed by atoms with E-state index < -0.39 is 0 Å². The van der Waals surface area contributed by atoms with Crippen LogP contribution in [0.3, 0.4) is 0 Å². The van der Waals surface area contributed by atoms with Gasteiger partial charge < -0.3 is 18.9 Å². The van der Waals surface area contributed by atoms with Gasteiger partial charge in [-0.1, -0.05) is 19.3 Å². The van der Waals surface area contributed by atoms with Crippen molar-refractivity contribution in [3.05, 3.63) is 59.2 Å². The fraction of sp³-hybridized carbons (Fsp3) is 0.586. The van der Waals surface area contributed by atoms with E-state index in [1.807, 2.05) is 0 Å². The molecule has 0 radical (unpaired) electrons. The number of benzene rings is 2. The summed E-state index contributed by atoms with van der Waals surface area (Å²) < 4.78 is 50.5. The quantitative estimate of drug-likeness (QED) is 0.308. The summed E-state index contributed by atoms with van der Waals surface area (Å²) in [5, 5.41) is 0. The molecule has 0 amide bonds. The van der Waals surface area contributed by atoms with Gasteiger partial charge in [-0.25, -0.2) is 8.78 Å². The summed E-state index contributed by atoms with van der Waals surface area (Å²) in [5.41, 5.74) is 1.76. The van der Waals surface area contributed by atoms with Crippen molar-refractivity contribution in [3.8, 4) is 11.5 Å². The number of methoxy groups -OCH3 is 2. The van der Waals surface area contributed by atoms with E-state index in [1.165, 1.54) is 18.6 Å². The van der Waals surface area contributed by atoms with Gasteiger partial charge in [0.15, 0.2) is 0 Å². The van der Waals surface area contributed by atoms with Crippen LogP contribution < -0.4 is 9.47 Å². The minimum absolute atomic E-state index is 0.135. The molecule has 2 aliphatic rings. The van der Waals surface area contributed by atoms with Crippen molar-refractivity contribution in [3.63, 3.8) is 0 Å². The number of ether oxygens (including phenoxy) is 4. The summed E-state index contributed by atoms with van der Waals surface area (Å²) in [6.45, 7) is 0. The molecule has 0 saturated carbocycles. The second-order valence-electron chi connectivity index (χ2n) is 9.87. The van der Waals surface area contributed by atoms with Gasteiger partial charge in [-0.15, -0.1) is 0 Å². The van der Waals surface area contributed by atoms with Crippen LogP contribution in [0.25, 0.3) is 0 Å². The highest BCUT2D eigenvalue weighted by molar-refractivity contribution is 5.35.